The lowest BCUT2D eigenvalue weighted by atomic mass is 10.1. The molecule has 3 nitrogen and oxygen atoms in total. The van der Waals surface area contributed by atoms with Crippen LogP contribution in [0.5, 0.6) is 11.5 Å². The molecule has 0 aromatic heterocycles. The molecule has 0 amide bonds. The molecule has 1 aromatic rings. The minimum absolute atomic E-state index is 0. The molecule has 0 unspecified atom stereocenters. The Morgan fingerprint density at radius 1 is 1.27 bits per heavy atom. The first-order valence-electron chi connectivity index (χ1n) is 4.13. The lowest BCUT2D eigenvalue weighted by Gasteiger charge is -2.05. The molecule has 0 saturated heterocycles. The van der Waals surface area contributed by atoms with Gasteiger partial charge >= 0.3 is 6.29 Å². The summed E-state index contributed by atoms with van der Waals surface area (Å²) in [5, 5.41) is 0. The summed E-state index contributed by atoms with van der Waals surface area (Å²) in [5.41, 5.74) is 6.32. The highest BCUT2D eigenvalue weighted by Crippen LogP contribution is 2.41. The van der Waals surface area contributed by atoms with Gasteiger partial charge in [0.2, 0.25) is 0 Å². The normalized spacial score (nSPS) is 18.1. The first-order chi connectivity index (χ1) is 6.48. The summed E-state index contributed by atoms with van der Waals surface area (Å²) in [4.78, 5) is 0. The number of alkyl halides is 2. The van der Waals surface area contributed by atoms with E-state index in [0.717, 1.165) is 5.56 Å². The Balaban J connectivity index is 0.00000112. The monoisotopic (exact) mass is 237 g/mol. The fourth-order valence-corrected chi connectivity index (χ4v) is 1.25. The number of hydrogen-bond acceptors (Lipinski definition) is 3. The Bertz CT molecular complexity index is 371. The van der Waals surface area contributed by atoms with E-state index >= 15 is 0 Å². The van der Waals surface area contributed by atoms with Gasteiger partial charge in [-0.05, 0) is 24.6 Å². The largest absolute Gasteiger partial charge is 0.586 e. The van der Waals surface area contributed by atoms with Gasteiger partial charge in [-0.3, -0.25) is 0 Å². The topological polar surface area (TPSA) is 44.5 Å². The molecule has 1 aliphatic heterocycles. The summed E-state index contributed by atoms with van der Waals surface area (Å²) in [5.74, 6) is 0.0733. The van der Waals surface area contributed by atoms with Gasteiger partial charge in [0, 0.05) is 6.04 Å². The summed E-state index contributed by atoms with van der Waals surface area (Å²) in [6.07, 6.45) is -3.56. The van der Waals surface area contributed by atoms with Crippen molar-refractivity contribution in [2.24, 2.45) is 5.73 Å². The first-order valence-corrected chi connectivity index (χ1v) is 4.13. The van der Waals surface area contributed by atoms with E-state index in [9.17, 15) is 8.78 Å². The third kappa shape index (κ3) is 2.30. The van der Waals surface area contributed by atoms with E-state index < -0.39 is 6.29 Å². The van der Waals surface area contributed by atoms with Crippen molar-refractivity contribution in [2.45, 2.75) is 19.3 Å². The van der Waals surface area contributed by atoms with Crippen LogP contribution in [0.2, 0.25) is 0 Å². The summed E-state index contributed by atoms with van der Waals surface area (Å²) < 4.78 is 33.7. The Morgan fingerprint density at radius 2 is 1.87 bits per heavy atom. The zero-order chi connectivity index (χ0) is 10.3. The van der Waals surface area contributed by atoms with Gasteiger partial charge < -0.3 is 15.2 Å². The van der Waals surface area contributed by atoms with Gasteiger partial charge in [-0.15, -0.1) is 21.2 Å². The van der Waals surface area contributed by atoms with Crippen LogP contribution < -0.4 is 15.2 Å². The van der Waals surface area contributed by atoms with Crippen molar-refractivity contribution >= 4 is 12.4 Å². The molecule has 1 heterocycles. The van der Waals surface area contributed by atoms with Crippen LogP contribution in [0.1, 0.15) is 18.5 Å². The van der Waals surface area contributed by atoms with E-state index in [2.05, 4.69) is 9.47 Å². The summed E-state index contributed by atoms with van der Waals surface area (Å²) >= 11 is 0. The van der Waals surface area contributed by atoms with Crippen molar-refractivity contribution in [3.63, 3.8) is 0 Å². The van der Waals surface area contributed by atoms with Crippen LogP contribution in [0.4, 0.5) is 8.78 Å². The molecule has 15 heavy (non-hydrogen) atoms. The predicted molar refractivity (Wildman–Crippen MR) is 52.5 cm³/mol. The van der Waals surface area contributed by atoms with Crippen LogP contribution in [-0.4, -0.2) is 6.29 Å². The minimum atomic E-state index is -3.56. The van der Waals surface area contributed by atoms with E-state index in [-0.39, 0.29) is 29.9 Å². The third-order valence-corrected chi connectivity index (χ3v) is 1.95. The van der Waals surface area contributed by atoms with Crippen LogP contribution >= 0.6 is 12.4 Å². The zero-order valence-electron chi connectivity index (χ0n) is 7.87. The molecule has 0 fully saturated rings. The smallest absolute Gasteiger partial charge is 0.395 e. The molecule has 0 radical (unpaired) electrons. The van der Waals surface area contributed by atoms with Gasteiger partial charge in [-0.1, -0.05) is 6.07 Å². The van der Waals surface area contributed by atoms with Gasteiger partial charge in [0.25, 0.3) is 0 Å². The van der Waals surface area contributed by atoms with Crippen LogP contribution in [-0.2, 0) is 0 Å². The van der Waals surface area contributed by atoms with Gasteiger partial charge in [0.1, 0.15) is 0 Å². The average Bonchev–Trinajstić information content (AvgIpc) is 2.36. The first kappa shape index (κ1) is 12.0. The molecule has 1 aliphatic rings. The molecule has 1 aromatic carbocycles. The molecule has 2 rings (SSSR count). The van der Waals surface area contributed by atoms with Gasteiger partial charge in [-0.2, -0.15) is 0 Å². The number of hydrogen-bond donors (Lipinski definition) is 1. The predicted octanol–water partition coefficient (Wildman–Crippen LogP) is 2.45. The summed E-state index contributed by atoms with van der Waals surface area (Å²) in [7, 11) is 0. The van der Waals surface area contributed by atoms with E-state index in [1.165, 1.54) is 12.1 Å². The minimum Gasteiger partial charge on any atom is -0.395 e. The van der Waals surface area contributed by atoms with E-state index in [4.69, 9.17) is 5.73 Å². The molecule has 0 saturated carbocycles. The second kappa shape index (κ2) is 3.83. The second-order valence-corrected chi connectivity index (χ2v) is 3.16. The number of benzene rings is 1. The molecular formula is C9H10ClF2NO2. The molecule has 0 bridgehead atoms. The molecule has 0 aliphatic carbocycles. The van der Waals surface area contributed by atoms with Crippen molar-refractivity contribution in [3.8, 4) is 11.5 Å². The standard InChI is InChI=1S/C9H9F2NO2.ClH/c1-5(12)6-2-3-7-8(4-6)14-9(10,11)13-7;/h2-5H,12H2,1H3;1H/t5-;/m0./s1. The number of halogens is 3. The van der Waals surface area contributed by atoms with E-state index in [0.29, 0.717) is 0 Å². The highest BCUT2D eigenvalue weighted by Gasteiger charge is 2.43. The molecule has 0 spiro atoms. The Kier molecular flexibility index (Phi) is 3.06. The molecular weight excluding hydrogens is 228 g/mol. The van der Waals surface area contributed by atoms with E-state index in [1.807, 2.05) is 0 Å². The third-order valence-electron chi connectivity index (χ3n) is 1.95. The van der Waals surface area contributed by atoms with Crippen LogP contribution in [0.25, 0.3) is 0 Å². The van der Waals surface area contributed by atoms with Crippen molar-refractivity contribution in [2.75, 3.05) is 0 Å². The number of rotatable bonds is 1. The maximum Gasteiger partial charge on any atom is 0.586 e. The Labute approximate surface area is 91.6 Å². The maximum atomic E-state index is 12.6. The number of nitrogens with two attached hydrogens (primary N) is 1. The van der Waals surface area contributed by atoms with Gasteiger partial charge in [-0.25, -0.2) is 0 Å². The Hall–Kier alpha value is -1.07. The van der Waals surface area contributed by atoms with Gasteiger partial charge in [0.05, 0.1) is 0 Å². The molecule has 2 N–H and O–H groups in total. The van der Waals surface area contributed by atoms with Crippen molar-refractivity contribution in [1.82, 2.24) is 0 Å². The van der Waals surface area contributed by atoms with Crippen LogP contribution in [0.15, 0.2) is 18.2 Å². The highest BCUT2D eigenvalue weighted by molar-refractivity contribution is 5.85. The summed E-state index contributed by atoms with van der Waals surface area (Å²) in [6.45, 7) is 1.76. The second-order valence-electron chi connectivity index (χ2n) is 3.16. The highest BCUT2D eigenvalue weighted by atomic mass is 35.5. The lowest BCUT2D eigenvalue weighted by Crippen LogP contribution is -2.25. The van der Waals surface area contributed by atoms with Gasteiger partial charge in [0.15, 0.2) is 11.5 Å². The fourth-order valence-electron chi connectivity index (χ4n) is 1.25. The van der Waals surface area contributed by atoms with E-state index in [1.54, 1.807) is 13.0 Å². The SMILES string of the molecule is C[C@H](N)c1ccc2c(c1)OC(F)(F)O2.Cl. The fraction of sp³-hybridized carbons (Fsp3) is 0.333. The number of ether oxygens (including phenoxy) is 2. The molecule has 6 heteroatoms. The summed E-state index contributed by atoms with van der Waals surface area (Å²) in [6, 6.07) is 4.29. The lowest BCUT2D eigenvalue weighted by molar-refractivity contribution is -0.286. The van der Waals surface area contributed by atoms with Crippen molar-refractivity contribution < 1.29 is 18.3 Å². The molecule has 1 atom stereocenters. The Morgan fingerprint density at radius 3 is 2.47 bits per heavy atom. The molecule has 84 valence electrons. The average molecular weight is 238 g/mol. The van der Waals surface area contributed by atoms with Crippen molar-refractivity contribution in [3.05, 3.63) is 23.8 Å². The zero-order valence-corrected chi connectivity index (χ0v) is 8.68. The maximum absolute atomic E-state index is 12.6. The van der Waals surface area contributed by atoms with Crippen LogP contribution in [0.3, 0.4) is 0 Å². The number of fused-ring (bicyclic) bond motifs is 1. The van der Waals surface area contributed by atoms with Crippen molar-refractivity contribution in [1.29, 1.82) is 0 Å². The quantitative estimate of drug-likeness (QED) is 0.816. The van der Waals surface area contributed by atoms with Crippen LogP contribution in [0, 0.1) is 0 Å².